The molecule has 0 atom stereocenters. The van der Waals surface area contributed by atoms with Crippen molar-refractivity contribution in [3.8, 4) is 0 Å². The molecule has 0 bridgehead atoms. The summed E-state index contributed by atoms with van der Waals surface area (Å²) in [6.45, 7) is 5.28. The van der Waals surface area contributed by atoms with E-state index in [9.17, 15) is 14.4 Å². The van der Waals surface area contributed by atoms with Gasteiger partial charge in [-0.1, -0.05) is 36.4 Å². The zero-order valence-electron chi connectivity index (χ0n) is 17.8. The first-order chi connectivity index (χ1) is 14.7. The number of rotatable bonds is 5. The summed E-state index contributed by atoms with van der Waals surface area (Å²) in [6, 6.07) is 15.8. The van der Waals surface area contributed by atoms with Crippen molar-refractivity contribution in [3.63, 3.8) is 0 Å². The third-order valence-corrected chi connectivity index (χ3v) is 4.27. The zero-order valence-corrected chi connectivity index (χ0v) is 17.8. The molecule has 0 saturated carbocycles. The molecule has 8 heteroatoms. The monoisotopic (exact) mass is 423 g/mol. The first kappa shape index (κ1) is 22.0. The normalized spacial score (nSPS) is 13.4. The van der Waals surface area contributed by atoms with E-state index >= 15 is 0 Å². The average molecular weight is 423 g/mol. The molecule has 2 aromatic carbocycles. The number of amides is 2. The van der Waals surface area contributed by atoms with Crippen LogP contribution in [0.5, 0.6) is 0 Å². The van der Waals surface area contributed by atoms with Gasteiger partial charge in [0.1, 0.15) is 5.60 Å². The average Bonchev–Trinajstić information content (AvgIpc) is 3.21. The maximum atomic E-state index is 12.4. The number of hydrazone groups is 1. The second kappa shape index (κ2) is 9.42. The molecule has 1 aliphatic rings. The SMILES string of the molecule is CC(C)(C)OC(=O)Nc1cccc(C(=O)OCC(=O)N2CCC(c3ccccc3)=N2)c1. The third kappa shape index (κ3) is 6.40. The topological polar surface area (TPSA) is 97.3 Å². The molecule has 0 unspecified atom stereocenters. The number of carbonyl (C=O) groups is 3. The van der Waals surface area contributed by atoms with Gasteiger partial charge in [-0.2, -0.15) is 5.10 Å². The fourth-order valence-electron chi connectivity index (χ4n) is 2.90. The molecule has 31 heavy (non-hydrogen) atoms. The minimum Gasteiger partial charge on any atom is -0.452 e. The molecule has 0 radical (unpaired) electrons. The number of esters is 1. The van der Waals surface area contributed by atoms with E-state index in [4.69, 9.17) is 9.47 Å². The summed E-state index contributed by atoms with van der Waals surface area (Å²) in [4.78, 5) is 36.6. The Morgan fingerprint density at radius 3 is 2.52 bits per heavy atom. The van der Waals surface area contributed by atoms with Crippen LogP contribution in [0.3, 0.4) is 0 Å². The highest BCUT2D eigenvalue weighted by molar-refractivity contribution is 6.02. The highest BCUT2D eigenvalue weighted by Crippen LogP contribution is 2.16. The lowest BCUT2D eigenvalue weighted by atomic mass is 10.1. The smallest absolute Gasteiger partial charge is 0.412 e. The van der Waals surface area contributed by atoms with Crippen LogP contribution in [0.4, 0.5) is 10.5 Å². The number of nitrogens with one attached hydrogen (secondary N) is 1. The Hall–Kier alpha value is -3.68. The number of carbonyl (C=O) groups excluding carboxylic acids is 3. The molecular weight excluding hydrogens is 398 g/mol. The summed E-state index contributed by atoms with van der Waals surface area (Å²) in [5.41, 5.74) is 1.73. The van der Waals surface area contributed by atoms with Crippen molar-refractivity contribution in [3.05, 3.63) is 65.7 Å². The Labute approximate surface area is 180 Å². The third-order valence-electron chi connectivity index (χ3n) is 4.27. The van der Waals surface area contributed by atoms with Crippen LogP contribution in [0.25, 0.3) is 0 Å². The van der Waals surface area contributed by atoms with Crippen molar-refractivity contribution < 1.29 is 23.9 Å². The Kier molecular flexibility index (Phi) is 6.69. The summed E-state index contributed by atoms with van der Waals surface area (Å²) in [5, 5.41) is 8.21. The Morgan fingerprint density at radius 2 is 1.81 bits per heavy atom. The molecule has 1 heterocycles. The lowest BCUT2D eigenvalue weighted by molar-refractivity contribution is -0.134. The lowest BCUT2D eigenvalue weighted by Crippen LogP contribution is -2.29. The number of ether oxygens (including phenoxy) is 2. The van der Waals surface area contributed by atoms with Crippen molar-refractivity contribution >= 4 is 29.4 Å². The van der Waals surface area contributed by atoms with Gasteiger partial charge in [0.25, 0.3) is 5.91 Å². The van der Waals surface area contributed by atoms with E-state index in [1.165, 1.54) is 17.1 Å². The fraction of sp³-hybridized carbons (Fsp3) is 0.304. The summed E-state index contributed by atoms with van der Waals surface area (Å²) in [6.07, 6.45) is 0.0107. The van der Waals surface area contributed by atoms with Crippen LogP contribution in [0.15, 0.2) is 59.7 Å². The van der Waals surface area contributed by atoms with Crippen LogP contribution < -0.4 is 5.32 Å². The number of nitrogens with zero attached hydrogens (tertiary/aromatic N) is 2. The highest BCUT2D eigenvalue weighted by Gasteiger charge is 2.23. The molecule has 0 saturated heterocycles. The van der Waals surface area contributed by atoms with Gasteiger partial charge in [-0.25, -0.2) is 14.6 Å². The second-order valence-corrected chi connectivity index (χ2v) is 7.96. The first-order valence-electron chi connectivity index (χ1n) is 9.92. The summed E-state index contributed by atoms with van der Waals surface area (Å²) in [7, 11) is 0. The summed E-state index contributed by atoms with van der Waals surface area (Å²) >= 11 is 0. The van der Waals surface area contributed by atoms with Crippen LogP contribution in [0, 0.1) is 0 Å². The predicted octanol–water partition coefficient (Wildman–Crippen LogP) is 3.83. The Bertz CT molecular complexity index is 996. The minimum atomic E-state index is -0.673. The first-order valence-corrected chi connectivity index (χ1v) is 9.92. The van der Waals surface area contributed by atoms with Crippen molar-refractivity contribution in [2.45, 2.75) is 32.8 Å². The molecule has 8 nitrogen and oxygen atoms in total. The van der Waals surface area contributed by atoms with E-state index in [0.717, 1.165) is 11.3 Å². The van der Waals surface area contributed by atoms with Crippen molar-refractivity contribution in [2.24, 2.45) is 5.10 Å². The van der Waals surface area contributed by atoms with Gasteiger partial charge in [-0.05, 0) is 44.5 Å². The molecule has 162 valence electrons. The minimum absolute atomic E-state index is 0.205. The molecule has 1 N–H and O–H groups in total. The quantitative estimate of drug-likeness (QED) is 0.737. The molecule has 0 aliphatic carbocycles. The van der Waals surface area contributed by atoms with Crippen LogP contribution in [-0.2, 0) is 14.3 Å². The van der Waals surface area contributed by atoms with Gasteiger partial charge in [0.15, 0.2) is 6.61 Å². The second-order valence-electron chi connectivity index (χ2n) is 7.96. The van der Waals surface area contributed by atoms with Crippen LogP contribution in [-0.4, -0.2) is 47.4 Å². The van der Waals surface area contributed by atoms with Gasteiger partial charge < -0.3 is 9.47 Å². The molecule has 1 aliphatic heterocycles. The summed E-state index contributed by atoms with van der Waals surface area (Å²) in [5.74, 6) is -1.07. The van der Waals surface area contributed by atoms with Crippen molar-refractivity contribution in [1.29, 1.82) is 0 Å². The summed E-state index contributed by atoms with van der Waals surface area (Å²) < 4.78 is 10.3. The van der Waals surface area contributed by atoms with Crippen LogP contribution in [0.1, 0.15) is 43.1 Å². The highest BCUT2D eigenvalue weighted by atomic mass is 16.6. The molecule has 2 amide bonds. The molecule has 3 rings (SSSR count). The van der Waals surface area contributed by atoms with Gasteiger partial charge in [-0.15, -0.1) is 0 Å². The largest absolute Gasteiger partial charge is 0.452 e. The van der Waals surface area contributed by atoms with E-state index < -0.39 is 30.2 Å². The van der Waals surface area contributed by atoms with Crippen LogP contribution >= 0.6 is 0 Å². The van der Waals surface area contributed by atoms with Crippen molar-refractivity contribution in [1.82, 2.24) is 5.01 Å². The van der Waals surface area contributed by atoms with Gasteiger partial charge in [0.05, 0.1) is 17.8 Å². The molecule has 0 spiro atoms. The molecule has 0 fully saturated rings. The molecule has 2 aromatic rings. The predicted molar refractivity (Wildman–Crippen MR) is 116 cm³/mol. The van der Waals surface area contributed by atoms with E-state index in [1.807, 2.05) is 30.3 Å². The van der Waals surface area contributed by atoms with E-state index in [0.29, 0.717) is 18.7 Å². The van der Waals surface area contributed by atoms with Gasteiger partial charge in [-0.3, -0.25) is 10.1 Å². The standard InChI is InChI=1S/C23H25N3O5/c1-23(2,3)31-22(29)24-18-11-7-10-17(14-18)21(28)30-15-20(27)26-13-12-19(25-26)16-8-5-4-6-9-16/h4-11,14H,12-13,15H2,1-3H3,(H,24,29). The molecular formula is C23H25N3O5. The molecule has 0 aromatic heterocycles. The van der Waals surface area contributed by atoms with Crippen molar-refractivity contribution in [2.75, 3.05) is 18.5 Å². The van der Waals surface area contributed by atoms with Gasteiger partial charge in [0, 0.05) is 12.1 Å². The zero-order chi connectivity index (χ0) is 22.4. The maximum absolute atomic E-state index is 12.4. The van der Waals surface area contributed by atoms with E-state index in [2.05, 4.69) is 10.4 Å². The Morgan fingerprint density at radius 1 is 1.06 bits per heavy atom. The lowest BCUT2D eigenvalue weighted by Gasteiger charge is -2.19. The number of hydrogen-bond donors (Lipinski definition) is 1. The van der Waals surface area contributed by atoms with Gasteiger partial charge in [0.2, 0.25) is 0 Å². The van der Waals surface area contributed by atoms with Crippen LogP contribution in [0.2, 0.25) is 0 Å². The number of hydrogen-bond acceptors (Lipinski definition) is 6. The van der Waals surface area contributed by atoms with E-state index in [-0.39, 0.29) is 5.56 Å². The number of anilines is 1. The maximum Gasteiger partial charge on any atom is 0.412 e. The fourth-order valence-corrected chi connectivity index (χ4v) is 2.90. The van der Waals surface area contributed by atoms with Gasteiger partial charge >= 0.3 is 12.1 Å². The number of benzene rings is 2. The van der Waals surface area contributed by atoms with E-state index in [1.54, 1.807) is 32.9 Å². The Balaban J connectivity index is 1.54.